The summed E-state index contributed by atoms with van der Waals surface area (Å²) in [7, 11) is 0. The second-order valence-electron chi connectivity index (χ2n) is 5.77. The number of hydrogen-bond acceptors (Lipinski definition) is 3. The average molecular weight is 317 g/mol. The van der Waals surface area contributed by atoms with Gasteiger partial charge in [0.15, 0.2) is 0 Å². The predicted molar refractivity (Wildman–Crippen MR) is 97.8 cm³/mol. The van der Waals surface area contributed by atoms with Gasteiger partial charge in [-0.25, -0.2) is 0 Å². The third-order valence-electron chi connectivity index (χ3n) is 3.65. The van der Waals surface area contributed by atoms with Crippen molar-refractivity contribution in [3.05, 3.63) is 83.7 Å². The number of nitrogens with one attached hydrogen (secondary N) is 2. The topological polar surface area (TPSA) is 54.0 Å². The van der Waals surface area contributed by atoms with E-state index in [1.54, 1.807) is 18.5 Å². The number of carbonyl (C=O) groups excluding carboxylic acids is 1. The summed E-state index contributed by atoms with van der Waals surface area (Å²) in [4.78, 5) is 16.5. The van der Waals surface area contributed by atoms with Crippen LogP contribution in [0.4, 0.5) is 17.1 Å². The number of benzene rings is 2. The lowest BCUT2D eigenvalue weighted by Crippen LogP contribution is -2.12. The molecule has 0 aliphatic rings. The third kappa shape index (κ3) is 3.98. The molecule has 0 saturated heterocycles. The molecular formula is C20H19N3O. The SMILES string of the molecule is Cc1ccc(NC(=O)c2cncc(Nc3ccc(C)cc3)c2)cc1. The Bertz CT molecular complexity index is 840. The molecule has 0 spiro atoms. The summed E-state index contributed by atoms with van der Waals surface area (Å²) in [5.74, 6) is -0.182. The second kappa shape index (κ2) is 6.96. The molecule has 1 amide bonds. The Morgan fingerprint density at radius 1 is 0.792 bits per heavy atom. The maximum Gasteiger partial charge on any atom is 0.257 e. The van der Waals surface area contributed by atoms with Crippen LogP contribution in [0.2, 0.25) is 0 Å². The van der Waals surface area contributed by atoms with Gasteiger partial charge in [0.25, 0.3) is 5.91 Å². The molecular weight excluding hydrogens is 298 g/mol. The van der Waals surface area contributed by atoms with E-state index in [-0.39, 0.29) is 5.91 Å². The molecule has 3 rings (SSSR count). The van der Waals surface area contributed by atoms with Gasteiger partial charge in [-0.05, 0) is 44.2 Å². The Labute approximate surface area is 141 Å². The van der Waals surface area contributed by atoms with Gasteiger partial charge in [0.05, 0.1) is 17.4 Å². The van der Waals surface area contributed by atoms with Gasteiger partial charge >= 0.3 is 0 Å². The Kier molecular flexibility index (Phi) is 4.57. The van der Waals surface area contributed by atoms with E-state index < -0.39 is 0 Å². The predicted octanol–water partition coefficient (Wildman–Crippen LogP) is 4.69. The number of rotatable bonds is 4. The number of amides is 1. The molecule has 3 aromatic rings. The van der Waals surface area contributed by atoms with Crippen molar-refractivity contribution in [1.82, 2.24) is 4.98 Å². The Morgan fingerprint density at radius 2 is 1.38 bits per heavy atom. The lowest BCUT2D eigenvalue weighted by molar-refractivity contribution is 0.102. The van der Waals surface area contributed by atoms with E-state index >= 15 is 0 Å². The molecule has 2 aromatic carbocycles. The lowest BCUT2D eigenvalue weighted by atomic mass is 10.2. The normalized spacial score (nSPS) is 10.2. The lowest BCUT2D eigenvalue weighted by Gasteiger charge is -2.09. The van der Waals surface area contributed by atoms with Gasteiger partial charge < -0.3 is 10.6 Å². The summed E-state index contributed by atoms with van der Waals surface area (Å²) in [5, 5.41) is 6.13. The van der Waals surface area contributed by atoms with E-state index in [0.29, 0.717) is 5.56 Å². The monoisotopic (exact) mass is 317 g/mol. The largest absolute Gasteiger partial charge is 0.354 e. The highest BCUT2D eigenvalue weighted by Gasteiger charge is 2.08. The van der Waals surface area contributed by atoms with E-state index in [9.17, 15) is 4.79 Å². The van der Waals surface area contributed by atoms with Crippen LogP contribution in [-0.4, -0.2) is 10.9 Å². The van der Waals surface area contributed by atoms with Crippen LogP contribution in [0.5, 0.6) is 0 Å². The first-order chi connectivity index (χ1) is 11.6. The highest BCUT2D eigenvalue weighted by atomic mass is 16.1. The molecule has 24 heavy (non-hydrogen) atoms. The number of aryl methyl sites for hydroxylation is 2. The summed E-state index contributed by atoms with van der Waals surface area (Å²) >= 11 is 0. The summed E-state index contributed by atoms with van der Waals surface area (Å²) in [6, 6.07) is 17.5. The van der Waals surface area contributed by atoms with Crippen molar-refractivity contribution in [3.63, 3.8) is 0 Å². The van der Waals surface area contributed by atoms with Crippen molar-refractivity contribution in [1.29, 1.82) is 0 Å². The summed E-state index contributed by atoms with van der Waals surface area (Å²) < 4.78 is 0. The molecule has 0 saturated carbocycles. The Balaban J connectivity index is 1.73. The van der Waals surface area contributed by atoms with E-state index in [4.69, 9.17) is 0 Å². The fourth-order valence-electron chi connectivity index (χ4n) is 2.28. The van der Waals surface area contributed by atoms with Crippen molar-refractivity contribution in [2.45, 2.75) is 13.8 Å². The zero-order chi connectivity index (χ0) is 16.9. The van der Waals surface area contributed by atoms with Crippen molar-refractivity contribution < 1.29 is 4.79 Å². The fourth-order valence-corrected chi connectivity index (χ4v) is 2.28. The number of carbonyl (C=O) groups is 1. The highest BCUT2D eigenvalue weighted by Crippen LogP contribution is 2.18. The summed E-state index contributed by atoms with van der Waals surface area (Å²) in [6.07, 6.45) is 3.26. The first kappa shape index (κ1) is 15.7. The number of anilines is 3. The van der Waals surface area contributed by atoms with Crippen LogP contribution in [0.15, 0.2) is 67.0 Å². The van der Waals surface area contributed by atoms with Crippen LogP contribution in [-0.2, 0) is 0 Å². The zero-order valence-electron chi connectivity index (χ0n) is 13.7. The molecule has 4 nitrogen and oxygen atoms in total. The van der Waals surface area contributed by atoms with E-state index in [1.807, 2.05) is 62.4 Å². The first-order valence-corrected chi connectivity index (χ1v) is 7.77. The number of aromatic nitrogens is 1. The van der Waals surface area contributed by atoms with E-state index in [2.05, 4.69) is 15.6 Å². The molecule has 0 atom stereocenters. The van der Waals surface area contributed by atoms with Crippen molar-refractivity contribution >= 4 is 23.0 Å². The minimum Gasteiger partial charge on any atom is -0.354 e. The molecule has 1 aromatic heterocycles. The van der Waals surface area contributed by atoms with Gasteiger partial charge in [0, 0.05) is 17.6 Å². The van der Waals surface area contributed by atoms with E-state index in [0.717, 1.165) is 22.6 Å². The van der Waals surface area contributed by atoms with Crippen molar-refractivity contribution in [3.8, 4) is 0 Å². The van der Waals surface area contributed by atoms with Gasteiger partial charge in [-0.3, -0.25) is 9.78 Å². The second-order valence-corrected chi connectivity index (χ2v) is 5.77. The summed E-state index contributed by atoms with van der Waals surface area (Å²) in [6.45, 7) is 4.05. The Hall–Kier alpha value is -3.14. The van der Waals surface area contributed by atoms with Gasteiger partial charge in [0.2, 0.25) is 0 Å². The molecule has 1 heterocycles. The summed E-state index contributed by atoms with van der Waals surface area (Å²) in [5.41, 5.74) is 5.35. The fraction of sp³-hybridized carbons (Fsp3) is 0.100. The standard InChI is InChI=1S/C20H19N3O/c1-14-3-7-17(8-4-14)22-19-11-16(12-21-13-19)20(24)23-18-9-5-15(2)6-10-18/h3-13,22H,1-2H3,(H,23,24). The van der Waals surface area contributed by atoms with Crippen LogP contribution < -0.4 is 10.6 Å². The molecule has 0 aliphatic heterocycles. The molecule has 120 valence electrons. The van der Waals surface area contributed by atoms with Crippen LogP contribution in [0.1, 0.15) is 21.5 Å². The maximum absolute atomic E-state index is 12.4. The highest BCUT2D eigenvalue weighted by molar-refractivity contribution is 6.04. The van der Waals surface area contributed by atoms with Crippen LogP contribution in [0.25, 0.3) is 0 Å². The molecule has 2 N–H and O–H groups in total. The van der Waals surface area contributed by atoms with Gasteiger partial charge in [-0.2, -0.15) is 0 Å². The quantitative estimate of drug-likeness (QED) is 0.733. The number of pyridine rings is 1. The van der Waals surface area contributed by atoms with Crippen LogP contribution >= 0.6 is 0 Å². The molecule has 0 aliphatic carbocycles. The van der Waals surface area contributed by atoms with Crippen molar-refractivity contribution in [2.24, 2.45) is 0 Å². The first-order valence-electron chi connectivity index (χ1n) is 7.77. The van der Waals surface area contributed by atoms with Gasteiger partial charge in [-0.1, -0.05) is 35.4 Å². The molecule has 0 fully saturated rings. The smallest absolute Gasteiger partial charge is 0.257 e. The minimum atomic E-state index is -0.182. The van der Waals surface area contributed by atoms with Gasteiger partial charge in [-0.15, -0.1) is 0 Å². The number of hydrogen-bond donors (Lipinski definition) is 2. The zero-order valence-corrected chi connectivity index (χ0v) is 13.7. The molecule has 4 heteroatoms. The molecule has 0 unspecified atom stereocenters. The third-order valence-corrected chi connectivity index (χ3v) is 3.65. The minimum absolute atomic E-state index is 0.182. The number of nitrogens with zero attached hydrogens (tertiary/aromatic N) is 1. The van der Waals surface area contributed by atoms with Gasteiger partial charge in [0.1, 0.15) is 0 Å². The van der Waals surface area contributed by atoms with Crippen molar-refractivity contribution in [2.75, 3.05) is 10.6 Å². The maximum atomic E-state index is 12.4. The molecule has 0 radical (unpaired) electrons. The Morgan fingerprint density at radius 3 is 2.00 bits per heavy atom. The van der Waals surface area contributed by atoms with E-state index in [1.165, 1.54) is 5.56 Å². The molecule has 0 bridgehead atoms. The van der Waals surface area contributed by atoms with Crippen LogP contribution in [0, 0.1) is 13.8 Å². The average Bonchev–Trinajstić information content (AvgIpc) is 2.59. The van der Waals surface area contributed by atoms with Crippen LogP contribution in [0.3, 0.4) is 0 Å².